The number of anilines is 1. The minimum Gasteiger partial charge on any atom is -0.366 e. The molecule has 3 amide bonds. The number of hydrogen-bond donors (Lipinski definition) is 3. The largest absolute Gasteiger partial charge is 0.366 e. The van der Waals surface area contributed by atoms with Crippen molar-refractivity contribution < 1.29 is 9.59 Å². The van der Waals surface area contributed by atoms with Crippen molar-refractivity contribution >= 4 is 28.9 Å². The van der Waals surface area contributed by atoms with Crippen LogP contribution in [0.15, 0.2) is 42.6 Å². The van der Waals surface area contributed by atoms with Gasteiger partial charge in [0.2, 0.25) is 5.91 Å². The van der Waals surface area contributed by atoms with E-state index in [2.05, 4.69) is 25.6 Å². The Morgan fingerprint density at radius 3 is 2.77 bits per heavy atom. The van der Waals surface area contributed by atoms with Gasteiger partial charge in [-0.1, -0.05) is 12.1 Å². The fourth-order valence-corrected chi connectivity index (χ4v) is 2.45. The van der Waals surface area contributed by atoms with Gasteiger partial charge >= 0.3 is 6.03 Å². The summed E-state index contributed by atoms with van der Waals surface area (Å²) in [6.45, 7) is 2.35. The van der Waals surface area contributed by atoms with Gasteiger partial charge in [-0.05, 0) is 36.8 Å². The van der Waals surface area contributed by atoms with Crippen LogP contribution in [-0.4, -0.2) is 33.4 Å². The minimum absolute atomic E-state index is 0.327. The second kappa shape index (κ2) is 7.56. The summed E-state index contributed by atoms with van der Waals surface area (Å²) in [7, 11) is 0. The van der Waals surface area contributed by atoms with Crippen LogP contribution in [0, 0.1) is 0 Å². The van der Waals surface area contributed by atoms with Crippen LogP contribution in [0.1, 0.15) is 28.5 Å². The first kappa shape index (κ1) is 17.3. The standard InChI is InChI=1S/C18H18N6O2/c1-2-20-18(26)24-15-7-6-14-17(23-15)22-13(10-21-14)9-11-4-3-5-12(8-11)16(19)25/h3-8,10H,2,9H2,1H3,(H2,19,25)(H2,20,22,23,24,26). The van der Waals surface area contributed by atoms with Gasteiger partial charge in [-0.3, -0.25) is 15.1 Å². The number of aromatic nitrogens is 3. The number of nitrogens with zero attached hydrogens (tertiary/aromatic N) is 3. The molecule has 0 atom stereocenters. The number of pyridine rings is 1. The average molecular weight is 350 g/mol. The third-order valence-corrected chi connectivity index (χ3v) is 3.63. The van der Waals surface area contributed by atoms with Crippen molar-refractivity contribution in [3.63, 3.8) is 0 Å². The van der Waals surface area contributed by atoms with Gasteiger partial charge in [0.25, 0.3) is 0 Å². The van der Waals surface area contributed by atoms with Crippen LogP contribution in [0.5, 0.6) is 0 Å². The van der Waals surface area contributed by atoms with Crippen molar-refractivity contribution in [3.05, 3.63) is 59.4 Å². The highest BCUT2D eigenvalue weighted by molar-refractivity contribution is 5.93. The summed E-state index contributed by atoms with van der Waals surface area (Å²) < 4.78 is 0. The number of urea groups is 1. The van der Waals surface area contributed by atoms with Crippen LogP contribution in [0.25, 0.3) is 11.2 Å². The Balaban J connectivity index is 1.84. The van der Waals surface area contributed by atoms with Gasteiger partial charge in [0.05, 0.1) is 5.69 Å². The SMILES string of the molecule is CCNC(=O)Nc1ccc2ncc(Cc3cccc(C(N)=O)c3)nc2n1. The second-order valence-corrected chi connectivity index (χ2v) is 5.63. The molecule has 2 aromatic heterocycles. The zero-order chi connectivity index (χ0) is 18.5. The number of fused-ring (bicyclic) bond motifs is 1. The molecule has 0 saturated heterocycles. The molecule has 0 aliphatic rings. The Kier molecular flexibility index (Phi) is 5.02. The van der Waals surface area contributed by atoms with Gasteiger partial charge in [0, 0.05) is 24.7 Å². The molecule has 2 heterocycles. The summed E-state index contributed by atoms with van der Waals surface area (Å²) >= 11 is 0. The maximum absolute atomic E-state index is 11.6. The molecule has 0 unspecified atom stereocenters. The maximum atomic E-state index is 11.6. The zero-order valence-electron chi connectivity index (χ0n) is 14.2. The molecule has 26 heavy (non-hydrogen) atoms. The summed E-state index contributed by atoms with van der Waals surface area (Å²) in [5.41, 5.74) is 8.41. The first-order chi connectivity index (χ1) is 12.5. The molecule has 0 aliphatic heterocycles. The number of hydrogen-bond acceptors (Lipinski definition) is 5. The van der Waals surface area contributed by atoms with Gasteiger partial charge in [-0.2, -0.15) is 0 Å². The highest BCUT2D eigenvalue weighted by Gasteiger charge is 2.07. The van der Waals surface area contributed by atoms with Crippen LogP contribution >= 0.6 is 0 Å². The van der Waals surface area contributed by atoms with Crippen molar-refractivity contribution in [1.29, 1.82) is 0 Å². The molecular weight excluding hydrogens is 332 g/mol. The number of primary amides is 1. The molecule has 1 aromatic carbocycles. The quantitative estimate of drug-likeness (QED) is 0.648. The summed E-state index contributed by atoms with van der Waals surface area (Å²) in [5, 5.41) is 5.28. The van der Waals surface area contributed by atoms with Gasteiger partial charge in [0.15, 0.2) is 5.65 Å². The molecule has 3 rings (SSSR count). The Bertz CT molecular complexity index is 973. The van der Waals surface area contributed by atoms with E-state index in [1.54, 1.807) is 36.5 Å². The second-order valence-electron chi connectivity index (χ2n) is 5.63. The predicted molar refractivity (Wildman–Crippen MR) is 97.8 cm³/mol. The van der Waals surface area contributed by atoms with Crippen LogP contribution < -0.4 is 16.4 Å². The zero-order valence-corrected chi connectivity index (χ0v) is 14.2. The van der Waals surface area contributed by atoms with Crippen LogP contribution in [0.3, 0.4) is 0 Å². The summed E-state index contributed by atoms with van der Waals surface area (Å²) in [5.74, 6) is -0.0789. The molecule has 8 heteroatoms. The maximum Gasteiger partial charge on any atom is 0.320 e. The molecule has 0 radical (unpaired) electrons. The number of amides is 3. The van der Waals surface area contributed by atoms with Crippen molar-refractivity contribution in [2.45, 2.75) is 13.3 Å². The predicted octanol–water partition coefficient (Wildman–Crippen LogP) is 1.86. The lowest BCUT2D eigenvalue weighted by Gasteiger charge is -2.07. The van der Waals surface area contributed by atoms with Crippen LogP contribution in [0.4, 0.5) is 10.6 Å². The lowest BCUT2D eigenvalue weighted by molar-refractivity contribution is 0.1000. The number of rotatable bonds is 5. The lowest BCUT2D eigenvalue weighted by atomic mass is 10.1. The van der Waals surface area contributed by atoms with Crippen molar-refractivity contribution in [1.82, 2.24) is 20.3 Å². The lowest BCUT2D eigenvalue weighted by Crippen LogP contribution is -2.28. The number of carbonyl (C=O) groups is 2. The Morgan fingerprint density at radius 2 is 2.00 bits per heavy atom. The van der Waals surface area contributed by atoms with E-state index in [0.29, 0.717) is 41.2 Å². The molecule has 8 nitrogen and oxygen atoms in total. The Morgan fingerprint density at radius 1 is 1.15 bits per heavy atom. The first-order valence-electron chi connectivity index (χ1n) is 8.11. The molecule has 0 spiro atoms. The first-order valence-corrected chi connectivity index (χ1v) is 8.11. The average Bonchev–Trinajstić information content (AvgIpc) is 2.62. The van der Waals surface area contributed by atoms with E-state index in [-0.39, 0.29) is 6.03 Å². The van der Waals surface area contributed by atoms with Crippen LogP contribution in [-0.2, 0) is 6.42 Å². The van der Waals surface area contributed by atoms with Gasteiger partial charge < -0.3 is 11.1 Å². The van der Waals surface area contributed by atoms with E-state index in [9.17, 15) is 9.59 Å². The normalized spacial score (nSPS) is 10.5. The van der Waals surface area contributed by atoms with Gasteiger partial charge in [-0.15, -0.1) is 0 Å². The number of nitrogens with two attached hydrogens (primary N) is 1. The van der Waals surface area contributed by atoms with E-state index in [0.717, 1.165) is 5.56 Å². The molecule has 132 valence electrons. The Labute approximate surface area is 149 Å². The Hall–Kier alpha value is -3.55. The van der Waals surface area contributed by atoms with E-state index < -0.39 is 5.91 Å². The molecule has 0 fully saturated rings. The van der Waals surface area contributed by atoms with Crippen molar-refractivity contribution in [2.75, 3.05) is 11.9 Å². The smallest absolute Gasteiger partial charge is 0.320 e. The summed E-state index contributed by atoms with van der Waals surface area (Å²) in [4.78, 5) is 36.1. The van der Waals surface area contributed by atoms with E-state index in [4.69, 9.17) is 5.73 Å². The molecule has 0 bridgehead atoms. The monoisotopic (exact) mass is 350 g/mol. The van der Waals surface area contributed by atoms with E-state index in [1.165, 1.54) is 0 Å². The van der Waals surface area contributed by atoms with Gasteiger partial charge in [-0.25, -0.2) is 14.8 Å². The van der Waals surface area contributed by atoms with Crippen LogP contribution in [0.2, 0.25) is 0 Å². The minimum atomic E-state index is -0.473. The highest BCUT2D eigenvalue weighted by atomic mass is 16.2. The summed E-state index contributed by atoms with van der Waals surface area (Å²) in [6.07, 6.45) is 2.15. The van der Waals surface area contributed by atoms with Crippen molar-refractivity contribution in [3.8, 4) is 0 Å². The molecule has 4 N–H and O–H groups in total. The van der Waals surface area contributed by atoms with E-state index in [1.807, 2.05) is 13.0 Å². The topological polar surface area (TPSA) is 123 Å². The third-order valence-electron chi connectivity index (χ3n) is 3.63. The summed E-state index contributed by atoms with van der Waals surface area (Å²) in [6, 6.07) is 10.1. The third kappa shape index (κ3) is 4.10. The fraction of sp³-hybridized carbons (Fsp3) is 0.167. The number of nitrogens with one attached hydrogen (secondary N) is 2. The highest BCUT2D eigenvalue weighted by Crippen LogP contribution is 2.14. The van der Waals surface area contributed by atoms with Crippen molar-refractivity contribution in [2.24, 2.45) is 5.73 Å². The fourth-order valence-electron chi connectivity index (χ4n) is 2.45. The number of carbonyl (C=O) groups excluding carboxylic acids is 2. The number of benzene rings is 1. The molecular formula is C18H18N6O2. The van der Waals surface area contributed by atoms with Gasteiger partial charge in [0.1, 0.15) is 11.3 Å². The molecule has 0 saturated carbocycles. The van der Waals surface area contributed by atoms with E-state index >= 15 is 0 Å². The molecule has 0 aliphatic carbocycles. The molecule has 3 aromatic rings.